The van der Waals surface area contributed by atoms with Crippen molar-refractivity contribution < 1.29 is 14.3 Å². The van der Waals surface area contributed by atoms with Crippen LogP contribution in [0, 0.1) is 0 Å². The summed E-state index contributed by atoms with van der Waals surface area (Å²) in [6, 6.07) is 7.53. The number of thiophene rings is 1. The normalized spacial score (nSPS) is 12.8. The van der Waals surface area contributed by atoms with Gasteiger partial charge >= 0.3 is 5.97 Å². The smallest absolute Gasteiger partial charge is 0.341 e. The van der Waals surface area contributed by atoms with Crippen LogP contribution in [0.15, 0.2) is 29.2 Å². The number of methoxy groups -OCH3 is 1. The Bertz CT molecular complexity index is 783. The second-order valence-electron chi connectivity index (χ2n) is 5.44. The van der Waals surface area contributed by atoms with Crippen LogP contribution >= 0.6 is 23.1 Å². The van der Waals surface area contributed by atoms with E-state index in [1.54, 1.807) is 11.8 Å². The summed E-state index contributed by atoms with van der Waals surface area (Å²) >= 11 is 3.13. The van der Waals surface area contributed by atoms with Gasteiger partial charge in [-0.05, 0) is 42.7 Å². The molecule has 0 unspecified atom stereocenters. The van der Waals surface area contributed by atoms with Crippen LogP contribution in [-0.4, -0.2) is 24.7 Å². The molecule has 4 nitrogen and oxygen atoms in total. The van der Waals surface area contributed by atoms with Crippen molar-refractivity contribution in [1.82, 2.24) is 0 Å². The van der Waals surface area contributed by atoms with Gasteiger partial charge in [0.1, 0.15) is 5.00 Å². The fraction of sp³-hybridized carbons (Fsp3) is 0.333. The maximum Gasteiger partial charge on any atom is 0.341 e. The van der Waals surface area contributed by atoms with Gasteiger partial charge in [0.25, 0.3) is 5.91 Å². The largest absolute Gasteiger partial charge is 0.465 e. The molecule has 0 aliphatic heterocycles. The molecule has 24 heavy (non-hydrogen) atoms. The summed E-state index contributed by atoms with van der Waals surface area (Å²) in [5.41, 5.74) is 2.20. The number of ether oxygens (including phenoxy) is 1. The lowest BCUT2D eigenvalue weighted by Crippen LogP contribution is -2.15. The van der Waals surface area contributed by atoms with Gasteiger partial charge in [0.05, 0.1) is 18.2 Å². The Morgan fingerprint density at radius 2 is 2.08 bits per heavy atom. The van der Waals surface area contributed by atoms with E-state index in [1.807, 2.05) is 24.3 Å². The Labute approximate surface area is 149 Å². The third kappa shape index (κ3) is 3.21. The van der Waals surface area contributed by atoms with Gasteiger partial charge in [0, 0.05) is 9.77 Å². The van der Waals surface area contributed by atoms with Crippen LogP contribution in [0.25, 0.3) is 0 Å². The number of carbonyl (C=O) groups excluding carboxylic acids is 2. The summed E-state index contributed by atoms with van der Waals surface area (Å²) in [7, 11) is 1.38. The lowest BCUT2D eigenvalue weighted by molar-refractivity contribution is 0.0601. The van der Waals surface area contributed by atoms with Crippen LogP contribution in [0.5, 0.6) is 0 Å². The SMILES string of the molecule is CCSc1ccccc1C(=O)Nc1sc2c(c1C(=O)OC)CCC2. The van der Waals surface area contributed by atoms with Crippen molar-refractivity contribution in [3.8, 4) is 0 Å². The second-order valence-corrected chi connectivity index (χ2v) is 7.85. The van der Waals surface area contributed by atoms with E-state index in [-0.39, 0.29) is 11.9 Å². The number of anilines is 1. The highest BCUT2D eigenvalue weighted by Crippen LogP contribution is 2.39. The highest BCUT2D eigenvalue weighted by atomic mass is 32.2. The standard InChI is InChI=1S/C18H19NO3S2/c1-3-23-13-9-5-4-7-12(13)16(20)19-17-15(18(21)22-2)11-8-6-10-14(11)24-17/h4-5,7,9H,3,6,8,10H2,1-2H3,(H,19,20). The molecule has 0 radical (unpaired) electrons. The summed E-state index contributed by atoms with van der Waals surface area (Å²) in [5.74, 6) is 0.336. The van der Waals surface area contributed by atoms with E-state index in [0.29, 0.717) is 16.1 Å². The molecule has 0 saturated heterocycles. The number of thioether (sulfide) groups is 1. The number of aryl methyl sites for hydroxylation is 1. The third-order valence-electron chi connectivity index (χ3n) is 3.97. The monoisotopic (exact) mass is 361 g/mol. The van der Waals surface area contributed by atoms with Gasteiger partial charge in [0.2, 0.25) is 0 Å². The number of benzene rings is 1. The molecule has 6 heteroatoms. The number of amides is 1. The van der Waals surface area contributed by atoms with Crippen LogP contribution in [0.2, 0.25) is 0 Å². The molecule has 0 spiro atoms. The first-order valence-electron chi connectivity index (χ1n) is 7.91. The first-order valence-corrected chi connectivity index (χ1v) is 9.72. The molecule has 0 fully saturated rings. The molecule has 0 atom stereocenters. The fourth-order valence-corrected chi connectivity index (χ4v) is 4.99. The van der Waals surface area contributed by atoms with Crippen molar-refractivity contribution in [3.05, 3.63) is 45.8 Å². The van der Waals surface area contributed by atoms with Crippen LogP contribution in [0.3, 0.4) is 0 Å². The number of fused-ring (bicyclic) bond motifs is 1. The summed E-state index contributed by atoms with van der Waals surface area (Å²) in [6.07, 6.45) is 2.88. The van der Waals surface area contributed by atoms with Crippen molar-refractivity contribution in [2.24, 2.45) is 0 Å². The Kier molecular flexibility index (Phi) is 5.26. The van der Waals surface area contributed by atoms with E-state index in [1.165, 1.54) is 23.3 Å². The number of carbonyl (C=O) groups is 2. The van der Waals surface area contributed by atoms with Crippen molar-refractivity contribution >= 4 is 40.0 Å². The highest BCUT2D eigenvalue weighted by molar-refractivity contribution is 7.99. The summed E-state index contributed by atoms with van der Waals surface area (Å²) in [5, 5.41) is 3.54. The van der Waals surface area contributed by atoms with E-state index >= 15 is 0 Å². The van der Waals surface area contributed by atoms with Gasteiger partial charge in [-0.3, -0.25) is 4.79 Å². The number of nitrogens with one attached hydrogen (secondary N) is 1. The molecule has 1 aliphatic carbocycles. The minimum Gasteiger partial charge on any atom is -0.465 e. The molecular formula is C18H19NO3S2. The van der Waals surface area contributed by atoms with Gasteiger partial charge in [-0.15, -0.1) is 23.1 Å². The number of esters is 1. The van der Waals surface area contributed by atoms with Crippen LogP contribution in [-0.2, 0) is 17.6 Å². The van der Waals surface area contributed by atoms with Gasteiger partial charge in [0.15, 0.2) is 0 Å². The molecule has 1 aromatic carbocycles. The molecule has 1 aliphatic rings. The molecule has 1 N–H and O–H groups in total. The number of hydrogen-bond donors (Lipinski definition) is 1. The van der Waals surface area contributed by atoms with Crippen molar-refractivity contribution in [3.63, 3.8) is 0 Å². The quantitative estimate of drug-likeness (QED) is 0.634. The third-order valence-corrected chi connectivity index (χ3v) is 6.13. The first-order chi connectivity index (χ1) is 11.7. The summed E-state index contributed by atoms with van der Waals surface area (Å²) in [4.78, 5) is 27.0. The molecule has 3 rings (SSSR count). The molecule has 0 saturated carbocycles. The average molecular weight is 361 g/mol. The molecule has 1 aromatic heterocycles. The zero-order valence-corrected chi connectivity index (χ0v) is 15.3. The predicted octanol–water partition coefficient (Wildman–Crippen LogP) is 4.39. The first kappa shape index (κ1) is 17.0. The minimum absolute atomic E-state index is 0.184. The van der Waals surface area contributed by atoms with Crippen LogP contribution < -0.4 is 5.32 Å². The van der Waals surface area contributed by atoms with E-state index in [4.69, 9.17) is 4.74 Å². The summed E-state index contributed by atoms with van der Waals surface area (Å²) < 4.78 is 4.92. The van der Waals surface area contributed by atoms with E-state index in [2.05, 4.69) is 12.2 Å². The molecule has 1 heterocycles. The molecule has 2 aromatic rings. The predicted molar refractivity (Wildman–Crippen MR) is 98.5 cm³/mol. The van der Waals surface area contributed by atoms with Crippen molar-refractivity contribution in [1.29, 1.82) is 0 Å². The molecule has 1 amide bonds. The minimum atomic E-state index is -0.374. The number of hydrogen-bond acceptors (Lipinski definition) is 5. The Hall–Kier alpha value is -1.79. The maximum atomic E-state index is 12.7. The topological polar surface area (TPSA) is 55.4 Å². The number of rotatable bonds is 5. The van der Waals surface area contributed by atoms with Gasteiger partial charge in [-0.2, -0.15) is 0 Å². The lowest BCUT2D eigenvalue weighted by Gasteiger charge is -2.10. The Balaban J connectivity index is 1.92. The van der Waals surface area contributed by atoms with E-state index in [0.717, 1.165) is 35.5 Å². The zero-order valence-electron chi connectivity index (χ0n) is 13.7. The van der Waals surface area contributed by atoms with Crippen molar-refractivity contribution in [2.75, 3.05) is 18.2 Å². The van der Waals surface area contributed by atoms with Crippen LogP contribution in [0.4, 0.5) is 5.00 Å². The average Bonchev–Trinajstić information content (AvgIpc) is 3.15. The lowest BCUT2D eigenvalue weighted by atomic mass is 10.1. The van der Waals surface area contributed by atoms with Gasteiger partial charge in [-0.1, -0.05) is 19.1 Å². The van der Waals surface area contributed by atoms with E-state index in [9.17, 15) is 9.59 Å². The Morgan fingerprint density at radius 3 is 2.83 bits per heavy atom. The molecular weight excluding hydrogens is 342 g/mol. The van der Waals surface area contributed by atoms with Crippen molar-refractivity contribution in [2.45, 2.75) is 31.1 Å². The van der Waals surface area contributed by atoms with E-state index < -0.39 is 0 Å². The maximum absolute atomic E-state index is 12.7. The summed E-state index contributed by atoms with van der Waals surface area (Å²) in [6.45, 7) is 2.05. The Morgan fingerprint density at radius 1 is 1.29 bits per heavy atom. The van der Waals surface area contributed by atoms with Gasteiger partial charge < -0.3 is 10.1 Å². The fourth-order valence-electron chi connectivity index (χ4n) is 2.92. The second kappa shape index (κ2) is 7.40. The molecule has 0 bridgehead atoms. The zero-order chi connectivity index (χ0) is 17.1. The molecule has 126 valence electrons. The highest BCUT2D eigenvalue weighted by Gasteiger charge is 2.28. The van der Waals surface area contributed by atoms with Crippen LogP contribution in [0.1, 0.15) is 44.5 Å². The van der Waals surface area contributed by atoms with Gasteiger partial charge in [-0.25, -0.2) is 4.79 Å².